The number of thiophene rings is 1. The molecule has 146 valence electrons. The highest BCUT2D eigenvalue weighted by molar-refractivity contribution is 7.17. The van der Waals surface area contributed by atoms with Gasteiger partial charge < -0.3 is 10.1 Å². The smallest absolute Gasteiger partial charge is 0.341 e. The quantitative estimate of drug-likeness (QED) is 0.735. The third-order valence-corrected chi connectivity index (χ3v) is 5.76. The lowest BCUT2D eigenvalue weighted by atomic mass is 10.0. The molecule has 0 saturated carbocycles. The molecule has 8 heteroatoms. The van der Waals surface area contributed by atoms with E-state index in [0.717, 1.165) is 42.9 Å². The van der Waals surface area contributed by atoms with Gasteiger partial charge in [0, 0.05) is 30.7 Å². The van der Waals surface area contributed by atoms with Crippen molar-refractivity contribution in [1.29, 1.82) is 0 Å². The van der Waals surface area contributed by atoms with Crippen LogP contribution in [0.1, 0.15) is 58.5 Å². The molecule has 2 aromatic rings. The fraction of sp³-hybridized carbons (Fsp3) is 0.526. The van der Waals surface area contributed by atoms with E-state index in [-0.39, 0.29) is 11.9 Å². The summed E-state index contributed by atoms with van der Waals surface area (Å²) in [5, 5.41) is 7.65. The van der Waals surface area contributed by atoms with Gasteiger partial charge in [0.15, 0.2) is 0 Å². The molecule has 0 unspecified atom stereocenters. The van der Waals surface area contributed by atoms with E-state index >= 15 is 0 Å². The van der Waals surface area contributed by atoms with Gasteiger partial charge in [-0.25, -0.2) is 4.79 Å². The molecule has 1 N–H and O–H groups in total. The molecule has 1 aliphatic rings. The van der Waals surface area contributed by atoms with Crippen LogP contribution in [0.4, 0.5) is 5.00 Å². The van der Waals surface area contributed by atoms with Crippen LogP contribution >= 0.6 is 11.3 Å². The summed E-state index contributed by atoms with van der Waals surface area (Å²) in [7, 11) is 0. The predicted molar refractivity (Wildman–Crippen MR) is 105 cm³/mol. The van der Waals surface area contributed by atoms with Crippen molar-refractivity contribution in [2.45, 2.75) is 46.7 Å². The van der Waals surface area contributed by atoms with E-state index in [1.807, 2.05) is 6.92 Å². The van der Waals surface area contributed by atoms with Gasteiger partial charge >= 0.3 is 5.97 Å². The van der Waals surface area contributed by atoms with E-state index in [0.29, 0.717) is 29.4 Å². The Bertz CT molecular complexity index is 827. The van der Waals surface area contributed by atoms with Crippen molar-refractivity contribution in [3.05, 3.63) is 34.0 Å². The van der Waals surface area contributed by atoms with Crippen LogP contribution in [0.2, 0.25) is 0 Å². The standard InChI is InChI=1S/C19H26N4O3S/c1-4-10-22-11-8-13-15(12-22)27-18(16(13)19(25)26-6-3)21-17(24)14-7-9-20-23(14)5-2/h7,9H,4-6,8,10-12H2,1-3H3,(H,21,24). The van der Waals surface area contributed by atoms with Crippen molar-refractivity contribution in [2.24, 2.45) is 0 Å². The molecule has 0 bridgehead atoms. The molecule has 27 heavy (non-hydrogen) atoms. The molecule has 0 fully saturated rings. The lowest BCUT2D eigenvalue weighted by molar-refractivity contribution is 0.0526. The van der Waals surface area contributed by atoms with Gasteiger partial charge in [0.25, 0.3) is 5.91 Å². The maximum atomic E-state index is 12.7. The van der Waals surface area contributed by atoms with E-state index < -0.39 is 0 Å². The molecule has 0 radical (unpaired) electrons. The summed E-state index contributed by atoms with van der Waals surface area (Å²) in [6, 6.07) is 1.68. The highest BCUT2D eigenvalue weighted by Gasteiger charge is 2.29. The molecular weight excluding hydrogens is 364 g/mol. The number of anilines is 1. The number of hydrogen-bond acceptors (Lipinski definition) is 6. The molecule has 7 nitrogen and oxygen atoms in total. The molecule has 3 rings (SSSR count). The molecule has 0 spiro atoms. The summed E-state index contributed by atoms with van der Waals surface area (Å²) in [4.78, 5) is 28.9. The zero-order valence-electron chi connectivity index (χ0n) is 16.1. The Kier molecular flexibility index (Phi) is 6.28. The van der Waals surface area contributed by atoms with Gasteiger partial charge in [0.05, 0.1) is 12.2 Å². The zero-order chi connectivity index (χ0) is 19.4. The van der Waals surface area contributed by atoms with Gasteiger partial charge in [-0.15, -0.1) is 11.3 Å². The minimum atomic E-state index is -0.363. The summed E-state index contributed by atoms with van der Waals surface area (Å²) >= 11 is 1.48. The van der Waals surface area contributed by atoms with Crippen LogP contribution in [0.25, 0.3) is 0 Å². The number of ether oxygens (including phenoxy) is 1. The average Bonchev–Trinajstić information content (AvgIpc) is 3.25. The van der Waals surface area contributed by atoms with Crippen LogP contribution < -0.4 is 5.32 Å². The van der Waals surface area contributed by atoms with Crippen molar-refractivity contribution in [1.82, 2.24) is 14.7 Å². The summed E-state index contributed by atoms with van der Waals surface area (Å²) in [6.45, 7) is 9.55. The Balaban J connectivity index is 1.92. The second-order valence-corrected chi connectivity index (χ2v) is 7.55. The Hall–Kier alpha value is -2.19. The van der Waals surface area contributed by atoms with E-state index in [1.165, 1.54) is 11.3 Å². The first-order valence-electron chi connectivity index (χ1n) is 9.46. The Labute approximate surface area is 163 Å². The van der Waals surface area contributed by atoms with Crippen LogP contribution in [0.5, 0.6) is 0 Å². The van der Waals surface area contributed by atoms with Crippen LogP contribution in [-0.4, -0.2) is 46.3 Å². The second kappa shape index (κ2) is 8.67. The lowest BCUT2D eigenvalue weighted by Gasteiger charge is -2.26. The Morgan fingerprint density at radius 2 is 2.15 bits per heavy atom. The van der Waals surface area contributed by atoms with Crippen molar-refractivity contribution in [3.63, 3.8) is 0 Å². The topological polar surface area (TPSA) is 76.5 Å². The molecule has 3 heterocycles. The number of nitrogens with zero attached hydrogens (tertiary/aromatic N) is 3. The molecule has 1 amide bonds. The van der Waals surface area contributed by atoms with Crippen molar-refractivity contribution >= 4 is 28.2 Å². The maximum absolute atomic E-state index is 12.7. The fourth-order valence-electron chi connectivity index (χ4n) is 3.42. The maximum Gasteiger partial charge on any atom is 0.341 e. The lowest BCUT2D eigenvalue weighted by Crippen LogP contribution is -2.30. The first kappa shape index (κ1) is 19.6. The first-order valence-corrected chi connectivity index (χ1v) is 10.3. The Morgan fingerprint density at radius 3 is 2.85 bits per heavy atom. The van der Waals surface area contributed by atoms with Gasteiger partial charge in [-0.05, 0) is 44.9 Å². The largest absolute Gasteiger partial charge is 0.462 e. The Morgan fingerprint density at radius 1 is 1.33 bits per heavy atom. The first-order chi connectivity index (χ1) is 13.1. The number of aryl methyl sites for hydroxylation is 1. The second-order valence-electron chi connectivity index (χ2n) is 6.44. The highest BCUT2D eigenvalue weighted by atomic mass is 32.1. The molecule has 1 aliphatic heterocycles. The summed E-state index contributed by atoms with van der Waals surface area (Å²) in [5.41, 5.74) is 2.01. The van der Waals surface area contributed by atoms with E-state index in [1.54, 1.807) is 23.9 Å². The van der Waals surface area contributed by atoms with Gasteiger partial charge in [-0.3, -0.25) is 14.4 Å². The summed E-state index contributed by atoms with van der Waals surface area (Å²) in [6.07, 6.45) is 3.49. The number of fused-ring (bicyclic) bond motifs is 1. The molecule has 0 aromatic carbocycles. The number of hydrogen-bond donors (Lipinski definition) is 1. The van der Waals surface area contributed by atoms with Crippen molar-refractivity contribution in [3.8, 4) is 0 Å². The van der Waals surface area contributed by atoms with Gasteiger partial charge in [-0.1, -0.05) is 6.92 Å². The van der Waals surface area contributed by atoms with Crippen LogP contribution in [0.15, 0.2) is 12.3 Å². The number of amides is 1. The van der Waals surface area contributed by atoms with Crippen LogP contribution in [-0.2, 0) is 24.2 Å². The van der Waals surface area contributed by atoms with Crippen molar-refractivity contribution in [2.75, 3.05) is 25.0 Å². The zero-order valence-corrected chi connectivity index (χ0v) is 16.9. The van der Waals surface area contributed by atoms with Crippen LogP contribution in [0, 0.1) is 0 Å². The number of carbonyl (C=O) groups excluding carboxylic acids is 2. The van der Waals surface area contributed by atoms with E-state index in [4.69, 9.17) is 4.74 Å². The summed E-state index contributed by atoms with van der Waals surface area (Å²) < 4.78 is 6.90. The van der Waals surface area contributed by atoms with Gasteiger partial charge in [0.1, 0.15) is 10.7 Å². The minimum Gasteiger partial charge on any atom is -0.462 e. The van der Waals surface area contributed by atoms with E-state index in [9.17, 15) is 9.59 Å². The van der Waals surface area contributed by atoms with Gasteiger partial charge in [-0.2, -0.15) is 5.10 Å². The third kappa shape index (κ3) is 4.06. The van der Waals surface area contributed by atoms with Gasteiger partial charge in [0.2, 0.25) is 0 Å². The normalized spacial score (nSPS) is 14.0. The highest BCUT2D eigenvalue weighted by Crippen LogP contribution is 2.38. The number of nitrogens with one attached hydrogen (secondary N) is 1. The molecule has 0 saturated heterocycles. The monoisotopic (exact) mass is 390 g/mol. The molecule has 0 aliphatic carbocycles. The molecule has 0 atom stereocenters. The SMILES string of the molecule is CCCN1CCc2c(sc(NC(=O)c3ccnn3CC)c2C(=O)OCC)C1. The van der Waals surface area contributed by atoms with E-state index in [2.05, 4.69) is 22.2 Å². The minimum absolute atomic E-state index is 0.260. The molecule has 2 aromatic heterocycles. The predicted octanol–water partition coefficient (Wildman–Crippen LogP) is 3.16. The summed E-state index contributed by atoms with van der Waals surface area (Å²) in [5.74, 6) is -0.623. The van der Waals surface area contributed by atoms with Crippen LogP contribution in [0.3, 0.4) is 0 Å². The average molecular weight is 391 g/mol. The van der Waals surface area contributed by atoms with Crippen molar-refractivity contribution < 1.29 is 14.3 Å². The number of aromatic nitrogens is 2. The number of carbonyl (C=O) groups is 2. The molecular formula is C19H26N4O3S. The number of esters is 1. The third-order valence-electron chi connectivity index (χ3n) is 4.63. The number of rotatable bonds is 7. The fourth-order valence-corrected chi connectivity index (χ4v) is 4.69.